The van der Waals surface area contributed by atoms with Crippen molar-refractivity contribution < 1.29 is 0 Å². The number of aromatic nitrogens is 2. The van der Waals surface area contributed by atoms with Crippen LogP contribution in [0.1, 0.15) is 55.5 Å². The lowest BCUT2D eigenvalue weighted by Crippen LogP contribution is -2.49. The first kappa shape index (κ1) is 15.6. The van der Waals surface area contributed by atoms with Crippen LogP contribution in [0.4, 0.5) is 0 Å². The molecule has 0 aliphatic heterocycles. The molecular weight excluding hydrogens is 326 g/mol. The molecule has 4 saturated carbocycles. The summed E-state index contributed by atoms with van der Waals surface area (Å²) >= 11 is 5.13. The SMILES string of the molecule is NC(=S)c1cccc(Cn2ccnc2C23CC4CC(CC(C4)C2)C3)c1. The molecule has 0 spiro atoms. The van der Waals surface area contributed by atoms with E-state index in [1.165, 1.54) is 49.9 Å². The number of nitrogens with two attached hydrogens (primary N) is 1. The van der Waals surface area contributed by atoms with Gasteiger partial charge in [0.25, 0.3) is 0 Å². The molecule has 130 valence electrons. The van der Waals surface area contributed by atoms with E-state index < -0.39 is 0 Å². The van der Waals surface area contributed by atoms with E-state index >= 15 is 0 Å². The minimum absolute atomic E-state index is 0.332. The molecule has 0 amide bonds. The second-order valence-electron chi connectivity index (χ2n) is 8.64. The maximum atomic E-state index is 5.80. The zero-order valence-corrected chi connectivity index (χ0v) is 15.3. The van der Waals surface area contributed by atoms with Gasteiger partial charge in [0.05, 0.1) is 0 Å². The zero-order valence-electron chi connectivity index (χ0n) is 14.5. The molecule has 0 saturated heterocycles. The fourth-order valence-corrected chi connectivity index (χ4v) is 6.43. The Morgan fingerprint density at radius 3 is 2.48 bits per heavy atom. The highest BCUT2D eigenvalue weighted by atomic mass is 32.1. The van der Waals surface area contributed by atoms with Gasteiger partial charge in [0.15, 0.2) is 0 Å². The molecule has 0 atom stereocenters. The summed E-state index contributed by atoms with van der Waals surface area (Å²) in [6, 6.07) is 8.31. The third-order valence-corrected chi connectivity index (χ3v) is 7.03. The number of benzene rings is 1. The lowest BCUT2D eigenvalue weighted by molar-refractivity contribution is -0.0108. The Balaban J connectivity index is 1.47. The molecule has 4 aliphatic rings. The molecule has 1 aromatic carbocycles. The van der Waals surface area contributed by atoms with Gasteiger partial charge in [0.1, 0.15) is 10.8 Å². The number of thiocarbonyl (C=S) groups is 1. The molecule has 0 unspecified atom stereocenters. The predicted molar refractivity (Wildman–Crippen MR) is 104 cm³/mol. The molecule has 0 radical (unpaired) electrons. The molecule has 4 aliphatic carbocycles. The van der Waals surface area contributed by atoms with Crippen molar-refractivity contribution in [3.05, 3.63) is 53.6 Å². The van der Waals surface area contributed by atoms with E-state index in [9.17, 15) is 0 Å². The van der Waals surface area contributed by atoms with E-state index in [0.29, 0.717) is 10.4 Å². The zero-order chi connectivity index (χ0) is 17.0. The van der Waals surface area contributed by atoms with E-state index in [1.807, 2.05) is 18.3 Å². The van der Waals surface area contributed by atoms with Crippen LogP contribution < -0.4 is 5.73 Å². The fourth-order valence-electron chi connectivity index (χ4n) is 6.30. The maximum Gasteiger partial charge on any atom is 0.115 e. The van der Waals surface area contributed by atoms with Crippen molar-refractivity contribution in [2.75, 3.05) is 0 Å². The molecule has 6 rings (SSSR count). The summed E-state index contributed by atoms with van der Waals surface area (Å²) in [6.45, 7) is 0.855. The Kier molecular flexibility index (Phi) is 3.53. The van der Waals surface area contributed by atoms with Crippen LogP contribution in [0.3, 0.4) is 0 Å². The van der Waals surface area contributed by atoms with Gasteiger partial charge < -0.3 is 10.3 Å². The van der Waals surface area contributed by atoms with E-state index in [2.05, 4.69) is 22.9 Å². The Hall–Kier alpha value is -1.68. The number of hydrogen-bond acceptors (Lipinski definition) is 2. The molecule has 4 fully saturated rings. The standard InChI is InChI=1S/C21H25N3S/c22-19(25)18-3-1-2-14(9-18)13-24-5-4-23-20(24)21-10-15-6-16(11-21)8-17(7-15)12-21/h1-5,9,15-17H,6-8,10-13H2,(H2,22,25). The Morgan fingerprint density at radius 2 is 1.84 bits per heavy atom. The number of nitrogens with zero attached hydrogens (tertiary/aromatic N) is 2. The Morgan fingerprint density at radius 1 is 1.16 bits per heavy atom. The van der Waals surface area contributed by atoms with Crippen LogP contribution in [0.25, 0.3) is 0 Å². The first-order valence-corrected chi connectivity index (χ1v) is 9.92. The molecule has 1 aromatic heterocycles. The lowest BCUT2D eigenvalue weighted by Gasteiger charge is -2.56. The van der Waals surface area contributed by atoms with Gasteiger partial charge in [0.2, 0.25) is 0 Å². The van der Waals surface area contributed by atoms with Crippen molar-refractivity contribution in [1.29, 1.82) is 0 Å². The molecule has 4 heteroatoms. The van der Waals surface area contributed by atoms with Crippen LogP contribution in [0.15, 0.2) is 36.7 Å². The average Bonchev–Trinajstić information content (AvgIpc) is 3.03. The van der Waals surface area contributed by atoms with Gasteiger partial charge >= 0.3 is 0 Å². The van der Waals surface area contributed by atoms with Gasteiger partial charge in [-0.1, -0.05) is 30.4 Å². The normalized spacial score (nSPS) is 32.9. The molecule has 3 nitrogen and oxygen atoms in total. The van der Waals surface area contributed by atoms with Crippen LogP contribution in [-0.4, -0.2) is 14.5 Å². The highest BCUT2D eigenvalue weighted by Gasteiger charge is 2.53. The van der Waals surface area contributed by atoms with Crippen LogP contribution in [0, 0.1) is 17.8 Å². The smallest absolute Gasteiger partial charge is 0.115 e. The quantitative estimate of drug-likeness (QED) is 0.846. The summed E-state index contributed by atoms with van der Waals surface area (Å²) in [6.07, 6.45) is 12.6. The monoisotopic (exact) mass is 351 g/mol. The summed E-state index contributed by atoms with van der Waals surface area (Å²) in [5.74, 6) is 4.14. The highest BCUT2D eigenvalue weighted by molar-refractivity contribution is 7.80. The first-order chi connectivity index (χ1) is 12.1. The summed E-state index contributed by atoms with van der Waals surface area (Å²) in [5, 5.41) is 0. The third kappa shape index (κ3) is 2.62. The summed E-state index contributed by atoms with van der Waals surface area (Å²) in [5.41, 5.74) is 8.33. The van der Waals surface area contributed by atoms with Gasteiger partial charge in [-0.2, -0.15) is 0 Å². The van der Waals surface area contributed by atoms with Gasteiger partial charge in [-0.25, -0.2) is 4.98 Å². The minimum Gasteiger partial charge on any atom is -0.389 e. The number of rotatable bonds is 4. The molecule has 2 aromatic rings. The number of imidazole rings is 1. The average molecular weight is 352 g/mol. The molecule has 1 heterocycles. The van der Waals surface area contributed by atoms with E-state index in [4.69, 9.17) is 22.9 Å². The summed E-state index contributed by atoms with van der Waals surface area (Å²) in [4.78, 5) is 5.34. The minimum atomic E-state index is 0.332. The Labute approximate surface area is 154 Å². The van der Waals surface area contributed by atoms with Crippen molar-refractivity contribution in [2.45, 2.75) is 50.5 Å². The molecular formula is C21H25N3S. The van der Waals surface area contributed by atoms with Crippen molar-refractivity contribution in [2.24, 2.45) is 23.5 Å². The van der Waals surface area contributed by atoms with Crippen LogP contribution in [0.2, 0.25) is 0 Å². The predicted octanol–water partition coefficient (Wildman–Crippen LogP) is 4.03. The maximum absolute atomic E-state index is 5.80. The second kappa shape index (κ2) is 5.66. The molecule has 2 N–H and O–H groups in total. The molecule has 4 bridgehead atoms. The van der Waals surface area contributed by atoms with Crippen molar-refractivity contribution >= 4 is 17.2 Å². The van der Waals surface area contributed by atoms with Gasteiger partial charge in [0, 0.05) is 29.9 Å². The van der Waals surface area contributed by atoms with Gasteiger partial charge in [-0.3, -0.25) is 0 Å². The first-order valence-electron chi connectivity index (χ1n) is 9.52. The van der Waals surface area contributed by atoms with E-state index in [0.717, 1.165) is 29.9 Å². The lowest BCUT2D eigenvalue weighted by atomic mass is 9.49. The third-order valence-electron chi connectivity index (χ3n) is 6.79. The van der Waals surface area contributed by atoms with E-state index in [1.54, 1.807) is 0 Å². The van der Waals surface area contributed by atoms with Gasteiger partial charge in [-0.15, -0.1) is 0 Å². The van der Waals surface area contributed by atoms with Crippen LogP contribution in [-0.2, 0) is 12.0 Å². The fraction of sp³-hybridized carbons (Fsp3) is 0.524. The van der Waals surface area contributed by atoms with Crippen molar-refractivity contribution in [1.82, 2.24) is 9.55 Å². The van der Waals surface area contributed by atoms with Crippen LogP contribution >= 0.6 is 12.2 Å². The summed E-state index contributed by atoms with van der Waals surface area (Å²) < 4.78 is 2.38. The van der Waals surface area contributed by atoms with Crippen molar-refractivity contribution in [3.8, 4) is 0 Å². The van der Waals surface area contributed by atoms with Gasteiger partial charge in [-0.05, 0) is 67.9 Å². The largest absolute Gasteiger partial charge is 0.389 e. The number of hydrogen-bond donors (Lipinski definition) is 1. The molecule has 25 heavy (non-hydrogen) atoms. The highest BCUT2D eigenvalue weighted by Crippen LogP contribution is 2.60. The second-order valence-corrected chi connectivity index (χ2v) is 9.08. The van der Waals surface area contributed by atoms with Crippen LogP contribution in [0.5, 0.6) is 0 Å². The Bertz CT molecular complexity index is 787. The van der Waals surface area contributed by atoms with E-state index in [-0.39, 0.29) is 0 Å². The summed E-state index contributed by atoms with van der Waals surface area (Å²) in [7, 11) is 0. The topological polar surface area (TPSA) is 43.8 Å². The van der Waals surface area contributed by atoms with Crippen molar-refractivity contribution in [3.63, 3.8) is 0 Å².